The van der Waals surface area contributed by atoms with Gasteiger partial charge in [-0.15, -0.1) is 0 Å². The Hall–Kier alpha value is -1.97. The van der Waals surface area contributed by atoms with Crippen LogP contribution in [0.2, 0.25) is 0 Å². The molecule has 0 fully saturated rings. The van der Waals surface area contributed by atoms with Gasteiger partial charge in [0.2, 0.25) is 5.91 Å². The number of nitrogens with zero attached hydrogens (tertiary/aromatic N) is 1. The van der Waals surface area contributed by atoms with Crippen molar-refractivity contribution in [3.63, 3.8) is 0 Å². The van der Waals surface area contributed by atoms with Crippen LogP contribution in [0.15, 0.2) is 24.3 Å². The molecule has 20 heavy (non-hydrogen) atoms. The lowest BCUT2D eigenvalue weighted by Crippen LogP contribution is -2.38. The first-order chi connectivity index (χ1) is 9.74. The van der Waals surface area contributed by atoms with Crippen LogP contribution in [0.25, 0.3) is 0 Å². The second-order valence-corrected chi connectivity index (χ2v) is 5.15. The zero-order chi connectivity index (χ0) is 14.1. The predicted molar refractivity (Wildman–Crippen MR) is 76.1 cm³/mol. The predicted octanol–water partition coefficient (Wildman–Crippen LogP) is 2.48. The number of amides is 1. The summed E-state index contributed by atoms with van der Waals surface area (Å²) < 4.78 is 10.7. The van der Waals surface area contributed by atoms with Gasteiger partial charge >= 0.3 is 0 Å². The van der Waals surface area contributed by atoms with Crippen LogP contribution in [0.1, 0.15) is 30.0 Å². The molecule has 2 heterocycles. The molecule has 4 nitrogen and oxygen atoms in total. The monoisotopic (exact) mass is 273 g/mol. The third kappa shape index (κ3) is 2.05. The molecular formula is C16H19NO3. The minimum atomic E-state index is 0.0357. The fourth-order valence-electron chi connectivity index (χ4n) is 3.04. The van der Waals surface area contributed by atoms with E-state index in [1.165, 1.54) is 5.56 Å². The standard InChI is InChI=1S/C16H19NO3/c1-19-14-9-11-7-8-17-13(5-3-4-6-16(17)18)12(11)10-15(14)20-2/h3,5,9-10,13H,4,6-8H2,1-2H3. The number of fused-ring (bicyclic) bond motifs is 3. The quantitative estimate of drug-likeness (QED) is 0.777. The van der Waals surface area contributed by atoms with Gasteiger partial charge in [-0.3, -0.25) is 4.79 Å². The minimum Gasteiger partial charge on any atom is -0.493 e. The number of hydrogen-bond donors (Lipinski definition) is 0. The Morgan fingerprint density at radius 1 is 1.15 bits per heavy atom. The molecule has 1 aromatic carbocycles. The maximum Gasteiger partial charge on any atom is 0.223 e. The van der Waals surface area contributed by atoms with E-state index < -0.39 is 0 Å². The number of carbonyl (C=O) groups excluding carboxylic acids is 1. The van der Waals surface area contributed by atoms with Crippen LogP contribution in [0, 0.1) is 0 Å². The highest BCUT2D eigenvalue weighted by atomic mass is 16.5. The third-order valence-corrected chi connectivity index (χ3v) is 4.09. The van der Waals surface area contributed by atoms with Gasteiger partial charge < -0.3 is 14.4 Å². The van der Waals surface area contributed by atoms with Crippen molar-refractivity contribution in [2.75, 3.05) is 20.8 Å². The van der Waals surface area contributed by atoms with E-state index in [0.717, 1.165) is 36.4 Å². The Morgan fingerprint density at radius 2 is 1.90 bits per heavy atom. The average molecular weight is 273 g/mol. The summed E-state index contributed by atoms with van der Waals surface area (Å²) in [6.07, 6.45) is 6.54. The second-order valence-electron chi connectivity index (χ2n) is 5.15. The molecule has 0 radical (unpaired) electrons. The van der Waals surface area contributed by atoms with Crippen molar-refractivity contribution in [2.45, 2.75) is 25.3 Å². The van der Waals surface area contributed by atoms with Crippen molar-refractivity contribution >= 4 is 5.91 Å². The number of carbonyl (C=O) groups is 1. The maximum atomic E-state index is 12.2. The average Bonchev–Trinajstić information content (AvgIpc) is 2.67. The molecule has 106 valence electrons. The molecule has 1 atom stereocenters. The van der Waals surface area contributed by atoms with E-state index in [-0.39, 0.29) is 11.9 Å². The molecule has 4 heteroatoms. The SMILES string of the molecule is COc1cc2c(cc1OC)C1C=CCCC(=O)N1CC2. The summed E-state index contributed by atoms with van der Waals surface area (Å²) >= 11 is 0. The molecule has 1 aromatic rings. The Bertz CT molecular complexity index is 565. The van der Waals surface area contributed by atoms with E-state index in [1.807, 2.05) is 17.0 Å². The van der Waals surface area contributed by atoms with Crippen LogP contribution < -0.4 is 9.47 Å². The first kappa shape index (κ1) is 13.0. The lowest BCUT2D eigenvalue weighted by atomic mass is 9.92. The Labute approximate surface area is 119 Å². The van der Waals surface area contributed by atoms with E-state index >= 15 is 0 Å². The molecule has 3 rings (SSSR count). The molecule has 0 saturated heterocycles. The van der Waals surface area contributed by atoms with Crippen molar-refractivity contribution in [2.24, 2.45) is 0 Å². The summed E-state index contributed by atoms with van der Waals surface area (Å²) in [5, 5.41) is 0. The molecule has 1 unspecified atom stereocenters. The molecular weight excluding hydrogens is 254 g/mol. The number of methoxy groups -OCH3 is 2. The Kier molecular flexibility index (Phi) is 3.38. The fourth-order valence-corrected chi connectivity index (χ4v) is 3.04. The summed E-state index contributed by atoms with van der Waals surface area (Å²) in [7, 11) is 3.29. The molecule has 0 bridgehead atoms. The molecule has 0 aliphatic carbocycles. The first-order valence-corrected chi connectivity index (χ1v) is 6.95. The van der Waals surface area contributed by atoms with Crippen LogP contribution in [0.3, 0.4) is 0 Å². The van der Waals surface area contributed by atoms with Gasteiger partial charge in [0.05, 0.1) is 20.3 Å². The lowest BCUT2D eigenvalue weighted by Gasteiger charge is -2.35. The van der Waals surface area contributed by atoms with E-state index in [9.17, 15) is 4.79 Å². The van der Waals surface area contributed by atoms with Crippen LogP contribution in [-0.4, -0.2) is 31.6 Å². The zero-order valence-corrected chi connectivity index (χ0v) is 11.9. The van der Waals surface area contributed by atoms with E-state index in [4.69, 9.17) is 9.47 Å². The molecule has 2 aliphatic heterocycles. The second kappa shape index (κ2) is 5.19. The van der Waals surface area contributed by atoms with Crippen LogP contribution in [-0.2, 0) is 11.2 Å². The molecule has 0 spiro atoms. The van der Waals surface area contributed by atoms with Crippen molar-refractivity contribution in [3.8, 4) is 11.5 Å². The van der Waals surface area contributed by atoms with Crippen molar-refractivity contribution in [3.05, 3.63) is 35.4 Å². The first-order valence-electron chi connectivity index (χ1n) is 6.95. The molecule has 0 N–H and O–H groups in total. The number of benzene rings is 1. The summed E-state index contributed by atoms with van der Waals surface area (Å²) in [6, 6.07) is 4.08. The number of ether oxygens (including phenoxy) is 2. The lowest BCUT2D eigenvalue weighted by molar-refractivity contribution is -0.132. The van der Waals surface area contributed by atoms with Crippen LogP contribution in [0.4, 0.5) is 0 Å². The van der Waals surface area contributed by atoms with Gasteiger partial charge in [-0.05, 0) is 36.1 Å². The number of hydrogen-bond acceptors (Lipinski definition) is 3. The highest BCUT2D eigenvalue weighted by Crippen LogP contribution is 2.39. The Morgan fingerprint density at radius 3 is 2.65 bits per heavy atom. The summed E-state index contributed by atoms with van der Waals surface area (Å²) in [5.74, 6) is 1.71. The maximum absolute atomic E-state index is 12.2. The topological polar surface area (TPSA) is 38.8 Å². The fraction of sp³-hybridized carbons (Fsp3) is 0.438. The Balaban J connectivity index is 2.08. The van der Waals surface area contributed by atoms with Gasteiger partial charge in [0, 0.05) is 13.0 Å². The van der Waals surface area contributed by atoms with Gasteiger partial charge in [-0.25, -0.2) is 0 Å². The minimum absolute atomic E-state index is 0.0357. The van der Waals surface area contributed by atoms with Gasteiger partial charge in [0.25, 0.3) is 0 Å². The van der Waals surface area contributed by atoms with Crippen LogP contribution >= 0.6 is 0 Å². The van der Waals surface area contributed by atoms with Crippen molar-refractivity contribution in [1.82, 2.24) is 4.90 Å². The van der Waals surface area contributed by atoms with E-state index in [1.54, 1.807) is 14.2 Å². The summed E-state index contributed by atoms with van der Waals surface area (Å²) in [6.45, 7) is 0.774. The largest absolute Gasteiger partial charge is 0.493 e. The van der Waals surface area contributed by atoms with E-state index in [0.29, 0.717) is 6.42 Å². The van der Waals surface area contributed by atoms with Crippen LogP contribution in [0.5, 0.6) is 11.5 Å². The number of rotatable bonds is 2. The van der Waals surface area contributed by atoms with Gasteiger partial charge in [-0.1, -0.05) is 12.2 Å². The molecule has 2 aliphatic rings. The summed E-state index contributed by atoms with van der Waals surface area (Å²) in [5.41, 5.74) is 2.39. The summed E-state index contributed by atoms with van der Waals surface area (Å²) in [4.78, 5) is 14.1. The normalized spacial score (nSPS) is 21.0. The van der Waals surface area contributed by atoms with E-state index in [2.05, 4.69) is 12.2 Å². The molecule has 0 aromatic heterocycles. The van der Waals surface area contributed by atoms with Gasteiger partial charge in [0.1, 0.15) is 0 Å². The van der Waals surface area contributed by atoms with Crippen molar-refractivity contribution in [1.29, 1.82) is 0 Å². The smallest absolute Gasteiger partial charge is 0.223 e. The highest BCUT2D eigenvalue weighted by molar-refractivity contribution is 5.78. The van der Waals surface area contributed by atoms with Gasteiger partial charge in [0.15, 0.2) is 11.5 Å². The third-order valence-electron chi connectivity index (χ3n) is 4.09. The van der Waals surface area contributed by atoms with Crippen molar-refractivity contribution < 1.29 is 14.3 Å². The van der Waals surface area contributed by atoms with Gasteiger partial charge in [-0.2, -0.15) is 0 Å². The molecule has 1 amide bonds. The highest BCUT2D eigenvalue weighted by Gasteiger charge is 2.31. The molecule has 0 saturated carbocycles. The zero-order valence-electron chi connectivity index (χ0n) is 11.9. The number of allylic oxidation sites excluding steroid dienone is 1.